The van der Waals surface area contributed by atoms with Crippen molar-refractivity contribution < 1.29 is 4.79 Å². The Morgan fingerprint density at radius 3 is 3.05 bits per heavy atom. The average Bonchev–Trinajstić information content (AvgIpc) is 2.97. The summed E-state index contributed by atoms with van der Waals surface area (Å²) in [5, 5.41) is 6.29. The van der Waals surface area contributed by atoms with Gasteiger partial charge in [-0.05, 0) is 45.1 Å². The normalized spacial score (nSPS) is 16.5. The Morgan fingerprint density at radius 2 is 2.24 bits per heavy atom. The Morgan fingerprint density at radius 1 is 1.43 bits per heavy atom. The van der Waals surface area contributed by atoms with Crippen LogP contribution in [0.1, 0.15) is 12.8 Å². The number of amides is 1. The molecule has 1 fully saturated rings. The Bertz CT molecular complexity index is 623. The summed E-state index contributed by atoms with van der Waals surface area (Å²) in [6.45, 7) is 2.46. The molecule has 3 rings (SSSR count). The number of nitrogens with zero attached hydrogens (tertiary/aromatic N) is 3. The fraction of sp³-hybridized carbons (Fsp3) is 0.500. The topological polar surface area (TPSA) is 70.2 Å². The number of piperidine rings is 1. The minimum absolute atomic E-state index is 0.00321. The highest BCUT2D eigenvalue weighted by molar-refractivity contribution is 7.00. The van der Waals surface area contributed by atoms with Crippen LogP contribution in [0.25, 0.3) is 11.0 Å². The number of anilines is 1. The van der Waals surface area contributed by atoms with Crippen molar-refractivity contribution in [3.05, 3.63) is 18.2 Å². The molecule has 2 N–H and O–H groups in total. The van der Waals surface area contributed by atoms with Crippen molar-refractivity contribution in [3.8, 4) is 0 Å². The number of carbonyl (C=O) groups is 1. The minimum atomic E-state index is -0.00321. The van der Waals surface area contributed by atoms with Gasteiger partial charge in [0, 0.05) is 6.04 Å². The van der Waals surface area contributed by atoms with E-state index in [1.54, 1.807) is 0 Å². The van der Waals surface area contributed by atoms with E-state index in [0.717, 1.165) is 54.4 Å². The molecule has 2 heterocycles. The van der Waals surface area contributed by atoms with E-state index >= 15 is 0 Å². The molecule has 0 saturated carbocycles. The first-order chi connectivity index (χ1) is 10.2. The first kappa shape index (κ1) is 14.4. The van der Waals surface area contributed by atoms with Crippen molar-refractivity contribution in [2.45, 2.75) is 18.9 Å². The third-order valence-electron chi connectivity index (χ3n) is 3.89. The summed E-state index contributed by atoms with van der Waals surface area (Å²) in [7, 11) is 2.01. The molecular formula is C14H19N5OS. The molecule has 0 bridgehead atoms. The summed E-state index contributed by atoms with van der Waals surface area (Å²) >= 11 is 1.16. The molecule has 7 heteroatoms. The van der Waals surface area contributed by atoms with Crippen LogP contribution < -0.4 is 10.6 Å². The molecule has 1 aromatic heterocycles. The van der Waals surface area contributed by atoms with Crippen LogP contribution in [0.15, 0.2) is 18.2 Å². The van der Waals surface area contributed by atoms with Gasteiger partial charge in [0.15, 0.2) is 0 Å². The molecule has 0 atom stereocenters. The Balaban J connectivity index is 1.62. The number of carbonyl (C=O) groups excluding carboxylic acids is 1. The third-order valence-corrected chi connectivity index (χ3v) is 4.43. The SMILES string of the molecule is CN(CC(=O)Nc1cccc2nsnc12)C1CCNCC1. The number of fused-ring (bicyclic) bond motifs is 1. The van der Waals surface area contributed by atoms with Gasteiger partial charge in [0.1, 0.15) is 11.0 Å². The second kappa shape index (κ2) is 6.46. The van der Waals surface area contributed by atoms with E-state index in [4.69, 9.17) is 0 Å². The van der Waals surface area contributed by atoms with Crippen LogP contribution in [0.3, 0.4) is 0 Å². The number of hydrogen-bond donors (Lipinski definition) is 2. The first-order valence-electron chi connectivity index (χ1n) is 7.16. The van der Waals surface area contributed by atoms with Crippen LogP contribution in [0.5, 0.6) is 0 Å². The summed E-state index contributed by atoms with van der Waals surface area (Å²) in [4.78, 5) is 14.4. The molecule has 6 nitrogen and oxygen atoms in total. The van der Waals surface area contributed by atoms with Gasteiger partial charge in [0.05, 0.1) is 24.0 Å². The zero-order chi connectivity index (χ0) is 14.7. The largest absolute Gasteiger partial charge is 0.323 e. The lowest BCUT2D eigenvalue weighted by Crippen LogP contribution is -2.44. The Labute approximate surface area is 127 Å². The highest BCUT2D eigenvalue weighted by atomic mass is 32.1. The zero-order valence-electron chi connectivity index (χ0n) is 12.0. The van der Waals surface area contributed by atoms with Gasteiger partial charge in [-0.2, -0.15) is 8.75 Å². The smallest absolute Gasteiger partial charge is 0.238 e. The van der Waals surface area contributed by atoms with Crippen LogP contribution in [-0.4, -0.2) is 52.3 Å². The molecule has 2 aromatic rings. The zero-order valence-corrected chi connectivity index (χ0v) is 12.8. The Kier molecular flexibility index (Phi) is 4.42. The predicted octanol–water partition coefficient (Wildman–Crippen LogP) is 1.31. The van der Waals surface area contributed by atoms with Crippen LogP contribution >= 0.6 is 11.7 Å². The van der Waals surface area contributed by atoms with Gasteiger partial charge in [-0.25, -0.2) is 0 Å². The van der Waals surface area contributed by atoms with E-state index in [0.29, 0.717) is 12.6 Å². The molecule has 1 aliphatic heterocycles. The molecular weight excluding hydrogens is 286 g/mol. The molecule has 1 aromatic carbocycles. The molecule has 0 aliphatic carbocycles. The van der Waals surface area contributed by atoms with Crippen LogP contribution in [0.4, 0.5) is 5.69 Å². The first-order valence-corrected chi connectivity index (χ1v) is 7.89. The lowest BCUT2D eigenvalue weighted by molar-refractivity contribution is -0.117. The van der Waals surface area contributed by atoms with Crippen molar-refractivity contribution in [2.75, 3.05) is 32.0 Å². The van der Waals surface area contributed by atoms with Gasteiger partial charge in [-0.15, -0.1) is 0 Å². The molecule has 112 valence electrons. The molecule has 21 heavy (non-hydrogen) atoms. The van der Waals surface area contributed by atoms with E-state index in [2.05, 4.69) is 24.3 Å². The van der Waals surface area contributed by atoms with E-state index in [1.807, 2.05) is 25.2 Å². The highest BCUT2D eigenvalue weighted by Gasteiger charge is 2.20. The summed E-state index contributed by atoms with van der Waals surface area (Å²) in [6, 6.07) is 6.13. The van der Waals surface area contributed by atoms with Crippen LogP contribution in [-0.2, 0) is 4.79 Å². The monoisotopic (exact) mass is 305 g/mol. The summed E-state index contributed by atoms with van der Waals surface area (Å²) in [5.74, 6) is -0.00321. The summed E-state index contributed by atoms with van der Waals surface area (Å²) < 4.78 is 8.42. The number of likely N-dealkylation sites (N-methyl/N-ethyl adjacent to an activating group) is 1. The summed E-state index contributed by atoms with van der Waals surface area (Å²) in [5.41, 5.74) is 2.33. The lowest BCUT2D eigenvalue weighted by atomic mass is 10.1. The second-order valence-electron chi connectivity index (χ2n) is 5.38. The maximum atomic E-state index is 12.2. The van der Waals surface area contributed by atoms with Crippen molar-refractivity contribution in [1.82, 2.24) is 19.0 Å². The predicted molar refractivity (Wildman–Crippen MR) is 84.6 cm³/mol. The van der Waals surface area contributed by atoms with E-state index < -0.39 is 0 Å². The highest BCUT2D eigenvalue weighted by Crippen LogP contribution is 2.21. The lowest BCUT2D eigenvalue weighted by Gasteiger charge is -2.31. The molecule has 1 aliphatic rings. The van der Waals surface area contributed by atoms with E-state index in [1.165, 1.54) is 0 Å². The molecule has 1 amide bonds. The number of hydrogen-bond acceptors (Lipinski definition) is 6. The Hall–Kier alpha value is -1.57. The van der Waals surface area contributed by atoms with Gasteiger partial charge in [-0.3, -0.25) is 9.69 Å². The standard InChI is InChI=1S/C14H19N5OS/c1-19(10-5-7-15-8-6-10)9-13(20)16-11-3-2-4-12-14(11)18-21-17-12/h2-4,10,15H,5-9H2,1H3,(H,16,20). The van der Waals surface area contributed by atoms with Gasteiger partial charge in [-0.1, -0.05) is 6.07 Å². The third kappa shape index (κ3) is 3.37. The van der Waals surface area contributed by atoms with Crippen LogP contribution in [0.2, 0.25) is 0 Å². The minimum Gasteiger partial charge on any atom is -0.323 e. The molecule has 0 unspecified atom stereocenters. The quantitative estimate of drug-likeness (QED) is 0.891. The number of benzene rings is 1. The van der Waals surface area contributed by atoms with Crippen LogP contribution in [0, 0.1) is 0 Å². The van der Waals surface area contributed by atoms with Gasteiger partial charge >= 0.3 is 0 Å². The summed E-state index contributed by atoms with van der Waals surface area (Å²) in [6.07, 6.45) is 2.19. The maximum Gasteiger partial charge on any atom is 0.238 e. The number of aromatic nitrogens is 2. The molecule has 0 radical (unpaired) electrons. The van der Waals surface area contributed by atoms with Crippen molar-refractivity contribution in [1.29, 1.82) is 0 Å². The second-order valence-corrected chi connectivity index (χ2v) is 5.91. The van der Waals surface area contributed by atoms with Crippen molar-refractivity contribution >= 4 is 34.4 Å². The molecule has 0 spiro atoms. The van der Waals surface area contributed by atoms with Crippen molar-refractivity contribution in [3.63, 3.8) is 0 Å². The van der Waals surface area contributed by atoms with E-state index in [9.17, 15) is 4.79 Å². The van der Waals surface area contributed by atoms with Gasteiger partial charge in [0.25, 0.3) is 0 Å². The maximum absolute atomic E-state index is 12.2. The van der Waals surface area contributed by atoms with Gasteiger partial charge < -0.3 is 10.6 Å². The van der Waals surface area contributed by atoms with Crippen molar-refractivity contribution in [2.24, 2.45) is 0 Å². The fourth-order valence-corrected chi connectivity index (χ4v) is 3.25. The molecule has 1 saturated heterocycles. The van der Waals surface area contributed by atoms with E-state index in [-0.39, 0.29) is 5.91 Å². The van der Waals surface area contributed by atoms with Gasteiger partial charge in [0.2, 0.25) is 5.91 Å². The fourth-order valence-electron chi connectivity index (χ4n) is 2.70. The number of rotatable bonds is 4. The number of nitrogens with one attached hydrogen (secondary N) is 2. The average molecular weight is 305 g/mol.